The number of hydrogen-bond acceptors (Lipinski definition) is 5. The first-order valence-electron chi connectivity index (χ1n) is 11.2. The number of epoxide rings is 1. The van der Waals surface area contributed by atoms with E-state index in [9.17, 15) is 9.59 Å². The van der Waals surface area contributed by atoms with Crippen LogP contribution in [0.3, 0.4) is 0 Å². The molecule has 5 rings (SSSR count). The lowest BCUT2D eigenvalue weighted by Crippen LogP contribution is -2.59. The summed E-state index contributed by atoms with van der Waals surface area (Å²) in [6, 6.07) is 0. The van der Waals surface area contributed by atoms with Crippen molar-refractivity contribution < 1.29 is 23.8 Å². The first-order chi connectivity index (χ1) is 13.2. The molecule has 1 heterocycles. The molecule has 4 saturated carbocycles. The van der Waals surface area contributed by atoms with Gasteiger partial charge in [0.1, 0.15) is 17.8 Å². The summed E-state index contributed by atoms with van der Waals surface area (Å²) in [5.41, 5.74) is 0.222. The van der Waals surface area contributed by atoms with Crippen molar-refractivity contribution in [2.24, 2.45) is 28.6 Å². The molecule has 0 aromatic rings. The minimum Gasteiger partial charge on any atom is -0.462 e. The maximum absolute atomic E-state index is 11.6. The third-order valence-electron chi connectivity index (χ3n) is 9.59. The van der Waals surface area contributed by atoms with Crippen molar-refractivity contribution in [1.82, 2.24) is 0 Å². The minimum atomic E-state index is -0.174. The Hall–Kier alpha value is -1.10. The first-order valence-corrected chi connectivity index (χ1v) is 11.2. The van der Waals surface area contributed by atoms with Gasteiger partial charge in [-0.3, -0.25) is 9.59 Å². The lowest BCUT2D eigenvalue weighted by atomic mass is 9.45. The molecule has 1 saturated heterocycles. The van der Waals surface area contributed by atoms with Gasteiger partial charge in [0, 0.05) is 31.1 Å². The lowest BCUT2D eigenvalue weighted by molar-refractivity contribution is -0.164. The fourth-order valence-corrected chi connectivity index (χ4v) is 8.32. The van der Waals surface area contributed by atoms with E-state index in [1.54, 1.807) is 0 Å². The van der Waals surface area contributed by atoms with E-state index in [-0.39, 0.29) is 40.6 Å². The van der Waals surface area contributed by atoms with Crippen LogP contribution in [0.4, 0.5) is 0 Å². The van der Waals surface area contributed by atoms with Gasteiger partial charge in [-0.2, -0.15) is 0 Å². The van der Waals surface area contributed by atoms with Crippen molar-refractivity contribution in [2.75, 3.05) is 0 Å². The van der Waals surface area contributed by atoms with E-state index in [2.05, 4.69) is 13.8 Å². The van der Waals surface area contributed by atoms with Crippen LogP contribution in [-0.2, 0) is 23.8 Å². The second-order valence-electron chi connectivity index (χ2n) is 10.7. The predicted octanol–water partition coefficient (Wildman–Crippen LogP) is 4.02. The standard InChI is InChI=1S/C23H34O5/c1-13(24)26-15-7-10-22(4)18-8-9-21(3)17(5-6-19(21)27-14(2)25)16(18)11-20-23(22,12-15)28-20/h15-20H,5-12H2,1-4H3/t15-,16+,17+,18-,19-,20+,21+,22-,23+/m1/s1. The van der Waals surface area contributed by atoms with Gasteiger partial charge >= 0.3 is 11.9 Å². The van der Waals surface area contributed by atoms with Crippen molar-refractivity contribution in [3.05, 3.63) is 0 Å². The Balaban J connectivity index is 1.39. The average Bonchev–Trinajstić information content (AvgIpc) is 3.20. The molecule has 0 bridgehead atoms. The van der Waals surface area contributed by atoms with Crippen molar-refractivity contribution in [3.63, 3.8) is 0 Å². The minimum absolute atomic E-state index is 0.0146. The van der Waals surface area contributed by atoms with Gasteiger partial charge in [0.15, 0.2) is 0 Å². The molecule has 1 aliphatic heterocycles. The molecule has 5 fully saturated rings. The Morgan fingerprint density at radius 3 is 2.39 bits per heavy atom. The van der Waals surface area contributed by atoms with Crippen molar-refractivity contribution in [3.8, 4) is 0 Å². The molecule has 28 heavy (non-hydrogen) atoms. The summed E-state index contributed by atoms with van der Waals surface area (Å²) in [4.78, 5) is 23.1. The molecule has 156 valence electrons. The summed E-state index contributed by atoms with van der Waals surface area (Å²) < 4.78 is 17.8. The topological polar surface area (TPSA) is 65.1 Å². The number of rotatable bonds is 2. The molecular weight excluding hydrogens is 356 g/mol. The van der Waals surface area contributed by atoms with E-state index in [0.717, 1.165) is 38.5 Å². The fraction of sp³-hybridized carbons (Fsp3) is 0.913. The van der Waals surface area contributed by atoms with Crippen LogP contribution in [-0.4, -0.2) is 35.9 Å². The molecule has 0 radical (unpaired) electrons. The Bertz CT molecular complexity index is 705. The first kappa shape index (κ1) is 18.9. The van der Waals surface area contributed by atoms with Crippen LogP contribution in [0.15, 0.2) is 0 Å². The normalized spacial score (nSPS) is 53.9. The van der Waals surface area contributed by atoms with Crippen LogP contribution in [0.2, 0.25) is 0 Å². The smallest absolute Gasteiger partial charge is 0.302 e. The molecular formula is C23H34O5. The Kier molecular flexibility index (Phi) is 4.02. The third-order valence-corrected chi connectivity index (χ3v) is 9.59. The van der Waals surface area contributed by atoms with Gasteiger partial charge in [-0.25, -0.2) is 0 Å². The van der Waals surface area contributed by atoms with Gasteiger partial charge in [0.05, 0.1) is 6.10 Å². The number of fused-ring (bicyclic) bond motifs is 4. The second-order valence-corrected chi connectivity index (χ2v) is 10.7. The van der Waals surface area contributed by atoms with Gasteiger partial charge in [-0.15, -0.1) is 0 Å². The monoisotopic (exact) mass is 390 g/mol. The average molecular weight is 391 g/mol. The molecule has 5 aliphatic rings. The van der Waals surface area contributed by atoms with Crippen molar-refractivity contribution >= 4 is 11.9 Å². The zero-order valence-electron chi connectivity index (χ0n) is 17.7. The predicted molar refractivity (Wildman–Crippen MR) is 102 cm³/mol. The zero-order valence-corrected chi connectivity index (χ0v) is 17.7. The second kappa shape index (κ2) is 5.96. The molecule has 0 N–H and O–H groups in total. The number of ether oxygens (including phenoxy) is 3. The molecule has 0 unspecified atom stereocenters. The van der Waals surface area contributed by atoms with E-state index in [4.69, 9.17) is 14.2 Å². The Morgan fingerprint density at radius 2 is 1.68 bits per heavy atom. The molecule has 4 aliphatic carbocycles. The Morgan fingerprint density at radius 1 is 0.929 bits per heavy atom. The van der Waals surface area contributed by atoms with Crippen molar-refractivity contribution in [2.45, 2.75) is 103 Å². The summed E-state index contributed by atoms with van der Waals surface area (Å²) >= 11 is 0. The third kappa shape index (κ3) is 2.41. The van der Waals surface area contributed by atoms with Crippen LogP contribution in [0.25, 0.3) is 0 Å². The van der Waals surface area contributed by atoms with Gasteiger partial charge in [-0.1, -0.05) is 13.8 Å². The van der Waals surface area contributed by atoms with Gasteiger partial charge < -0.3 is 14.2 Å². The summed E-state index contributed by atoms with van der Waals surface area (Å²) in [6.07, 6.45) is 8.95. The molecule has 0 aromatic carbocycles. The highest BCUT2D eigenvalue weighted by Gasteiger charge is 2.76. The lowest BCUT2D eigenvalue weighted by Gasteiger charge is -2.59. The van der Waals surface area contributed by atoms with E-state index in [1.165, 1.54) is 26.7 Å². The molecule has 9 atom stereocenters. The quantitative estimate of drug-likeness (QED) is 0.526. The number of esters is 2. The van der Waals surface area contributed by atoms with Gasteiger partial charge in [-0.05, 0) is 62.7 Å². The van der Waals surface area contributed by atoms with Crippen molar-refractivity contribution in [1.29, 1.82) is 0 Å². The maximum Gasteiger partial charge on any atom is 0.302 e. The highest BCUT2D eigenvalue weighted by molar-refractivity contribution is 5.66. The zero-order chi connectivity index (χ0) is 19.9. The molecule has 0 aromatic heterocycles. The van der Waals surface area contributed by atoms with E-state index < -0.39 is 0 Å². The van der Waals surface area contributed by atoms with Crippen LogP contribution >= 0.6 is 0 Å². The summed E-state index contributed by atoms with van der Waals surface area (Å²) in [5.74, 6) is 1.64. The molecule has 5 nitrogen and oxygen atoms in total. The Labute approximate surface area is 167 Å². The summed E-state index contributed by atoms with van der Waals surface area (Å²) in [7, 11) is 0. The highest BCUT2D eigenvalue weighted by atomic mass is 16.6. The van der Waals surface area contributed by atoms with Gasteiger partial charge in [0.2, 0.25) is 0 Å². The molecule has 1 spiro atoms. The van der Waals surface area contributed by atoms with E-state index in [0.29, 0.717) is 23.9 Å². The van der Waals surface area contributed by atoms with E-state index >= 15 is 0 Å². The largest absolute Gasteiger partial charge is 0.462 e. The van der Waals surface area contributed by atoms with Crippen LogP contribution in [0.1, 0.15) is 79.1 Å². The number of carbonyl (C=O) groups excluding carboxylic acids is 2. The SMILES string of the molecule is CC(=O)O[C@@H]1CC[C@]2(C)[C@@H]3CC[C@]4(C)[C@H](OC(C)=O)CC[C@H]4[C@@H]3C[C@@H]3O[C@@]32C1. The summed E-state index contributed by atoms with van der Waals surface area (Å²) in [6.45, 7) is 7.87. The maximum atomic E-state index is 11.6. The highest BCUT2D eigenvalue weighted by Crippen LogP contribution is 2.73. The fourth-order valence-electron chi connectivity index (χ4n) is 8.32. The van der Waals surface area contributed by atoms with Crippen LogP contribution in [0.5, 0.6) is 0 Å². The van der Waals surface area contributed by atoms with E-state index in [1.807, 2.05) is 0 Å². The van der Waals surface area contributed by atoms with Crippen LogP contribution in [0, 0.1) is 28.6 Å². The summed E-state index contributed by atoms with van der Waals surface area (Å²) in [5, 5.41) is 0. The molecule has 5 heteroatoms. The van der Waals surface area contributed by atoms with Crippen LogP contribution < -0.4 is 0 Å². The number of hydrogen-bond donors (Lipinski definition) is 0. The molecule has 0 amide bonds. The van der Waals surface area contributed by atoms with Gasteiger partial charge in [0.25, 0.3) is 0 Å². The number of carbonyl (C=O) groups is 2.